The Hall–Kier alpha value is -2.00. The van der Waals surface area contributed by atoms with Gasteiger partial charge >= 0.3 is 0 Å². The number of piperazine rings is 1. The first kappa shape index (κ1) is 19.3. The molecule has 2 aromatic heterocycles. The second kappa shape index (κ2) is 8.57. The second-order valence-electron chi connectivity index (χ2n) is 6.84. The first-order valence-corrected chi connectivity index (χ1v) is 11.8. The Kier molecular flexibility index (Phi) is 5.91. The van der Waals surface area contributed by atoms with Crippen molar-refractivity contribution in [3.05, 3.63) is 54.2 Å². The van der Waals surface area contributed by atoms with Crippen molar-refractivity contribution in [2.45, 2.75) is 17.1 Å². The van der Waals surface area contributed by atoms with Crippen LogP contribution >= 0.6 is 11.3 Å². The summed E-state index contributed by atoms with van der Waals surface area (Å²) in [7, 11) is -3.51. The molecule has 0 saturated carbocycles. The minimum Gasteiger partial charge on any atom is -0.354 e. The van der Waals surface area contributed by atoms with Crippen molar-refractivity contribution < 1.29 is 8.42 Å². The highest BCUT2D eigenvalue weighted by Gasteiger charge is 2.21. The van der Waals surface area contributed by atoms with Gasteiger partial charge in [0.05, 0.1) is 0 Å². The van der Waals surface area contributed by atoms with Gasteiger partial charge in [-0.1, -0.05) is 30.3 Å². The molecule has 1 aromatic carbocycles. The second-order valence-corrected chi connectivity index (χ2v) is 9.91. The van der Waals surface area contributed by atoms with Gasteiger partial charge in [-0.2, -0.15) is 0 Å². The molecular weight excluding hydrogens is 392 g/mol. The summed E-state index contributed by atoms with van der Waals surface area (Å²) >= 11 is 1.30. The van der Waals surface area contributed by atoms with Crippen LogP contribution in [0.4, 0.5) is 5.82 Å². The van der Waals surface area contributed by atoms with Crippen LogP contribution in [0.3, 0.4) is 0 Å². The van der Waals surface area contributed by atoms with Crippen LogP contribution in [0.25, 0.3) is 10.1 Å². The largest absolute Gasteiger partial charge is 0.354 e. The van der Waals surface area contributed by atoms with Gasteiger partial charge in [0.25, 0.3) is 0 Å². The molecule has 1 aliphatic heterocycles. The number of fused-ring (bicyclic) bond motifs is 1. The van der Waals surface area contributed by atoms with E-state index in [1.165, 1.54) is 16.9 Å². The van der Waals surface area contributed by atoms with E-state index in [2.05, 4.69) is 32.1 Å². The lowest BCUT2D eigenvalue weighted by Gasteiger charge is -2.28. The van der Waals surface area contributed by atoms with E-state index in [1.807, 2.05) is 24.3 Å². The van der Waals surface area contributed by atoms with E-state index < -0.39 is 10.0 Å². The van der Waals surface area contributed by atoms with Crippen molar-refractivity contribution in [1.82, 2.24) is 15.0 Å². The van der Waals surface area contributed by atoms with Gasteiger partial charge in [-0.3, -0.25) is 0 Å². The average Bonchev–Trinajstić information content (AvgIpc) is 3.18. The zero-order valence-electron chi connectivity index (χ0n) is 15.6. The summed E-state index contributed by atoms with van der Waals surface area (Å²) in [6.07, 6.45) is 3.38. The smallest absolute Gasteiger partial charge is 0.250 e. The number of rotatable bonds is 7. The lowest BCUT2D eigenvalue weighted by atomic mass is 10.1. The molecule has 6 nitrogen and oxygen atoms in total. The number of anilines is 1. The molecule has 1 saturated heterocycles. The van der Waals surface area contributed by atoms with E-state index in [4.69, 9.17) is 0 Å². The Morgan fingerprint density at radius 1 is 1.14 bits per heavy atom. The van der Waals surface area contributed by atoms with Crippen molar-refractivity contribution in [3.63, 3.8) is 0 Å². The number of thiophene rings is 1. The standard InChI is InChI=1S/C20H24N4O2S2/c25-28(26,23-9-4-7-16-5-2-1-3-6-16)19-15-17-18(27-19)8-10-22-20(17)24-13-11-21-12-14-24/h1-3,5-6,8,10,15,21,23H,4,7,9,11-14H2. The van der Waals surface area contributed by atoms with E-state index >= 15 is 0 Å². The molecule has 28 heavy (non-hydrogen) atoms. The molecule has 0 amide bonds. The van der Waals surface area contributed by atoms with Crippen LogP contribution in [0, 0.1) is 0 Å². The molecular formula is C20H24N4O2S2. The van der Waals surface area contributed by atoms with Gasteiger partial charge in [0.1, 0.15) is 10.0 Å². The third-order valence-corrected chi connectivity index (χ3v) is 7.90. The topological polar surface area (TPSA) is 74.3 Å². The normalized spacial score (nSPS) is 15.2. The van der Waals surface area contributed by atoms with E-state index in [1.54, 1.807) is 12.3 Å². The van der Waals surface area contributed by atoms with Gasteiger partial charge in [0.15, 0.2) is 0 Å². The van der Waals surface area contributed by atoms with Crippen LogP contribution in [-0.4, -0.2) is 46.1 Å². The summed E-state index contributed by atoms with van der Waals surface area (Å²) < 4.78 is 29.6. The molecule has 0 radical (unpaired) electrons. The molecule has 0 unspecified atom stereocenters. The minimum absolute atomic E-state index is 0.353. The Morgan fingerprint density at radius 2 is 1.93 bits per heavy atom. The maximum atomic E-state index is 12.8. The Labute approximate surface area is 169 Å². The molecule has 2 N–H and O–H groups in total. The predicted molar refractivity (Wildman–Crippen MR) is 115 cm³/mol. The van der Waals surface area contributed by atoms with Gasteiger partial charge in [-0.15, -0.1) is 11.3 Å². The highest BCUT2D eigenvalue weighted by molar-refractivity contribution is 7.91. The summed E-state index contributed by atoms with van der Waals surface area (Å²) in [6, 6.07) is 13.8. The number of aromatic nitrogens is 1. The van der Waals surface area contributed by atoms with Crippen molar-refractivity contribution in [2.75, 3.05) is 37.6 Å². The number of aryl methyl sites for hydroxylation is 1. The van der Waals surface area contributed by atoms with Crippen molar-refractivity contribution in [1.29, 1.82) is 0 Å². The van der Waals surface area contributed by atoms with Crippen LogP contribution in [0.2, 0.25) is 0 Å². The Morgan fingerprint density at radius 3 is 2.71 bits per heavy atom. The van der Waals surface area contributed by atoms with Crippen molar-refractivity contribution >= 4 is 37.3 Å². The SMILES string of the molecule is O=S(=O)(NCCCc1ccccc1)c1cc2c(N3CCNCC3)nccc2s1. The number of benzene rings is 1. The van der Waals surface area contributed by atoms with E-state index in [0.717, 1.165) is 54.9 Å². The molecule has 3 heterocycles. The quantitative estimate of drug-likeness (QED) is 0.579. The molecule has 0 aliphatic carbocycles. The number of hydrogen-bond acceptors (Lipinski definition) is 6. The molecule has 0 bridgehead atoms. The van der Waals surface area contributed by atoms with Crippen LogP contribution in [-0.2, 0) is 16.4 Å². The molecule has 3 aromatic rings. The number of pyridine rings is 1. The monoisotopic (exact) mass is 416 g/mol. The van der Waals surface area contributed by atoms with Crippen LogP contribution in [0.15, 0.2) is 52.9 Å². The number of sulfonamides is 1. The fraction of sp³-hybridized carbons (Fsp3) is 0.350. The van der Waals surface area contributed by atoms with Gasteiger partial charge in [0.2, 0.25) is 10.0 Å². The van der Waals surface area contributed by atoms with Crippen molar-refractivity contribution in [2.24, 2.45) is 0 Å². The van der Waals surface area contributed by atoms with Gasteiger partial charge in [-0.25, -0.2) is 18.1 Å². The third kappa shape index (κ3) is 4.35. The lowest BCUT2D eigenvalue weighted by Crippen LogP contribution is -2.43. The number of hydrogen-bond donors (Lipinski definition) is 2. The molecule has 0 spiro atoms. The highest BCUT2D eigenvalue weighted by Crippen LogP contribution is 2.34. The molecule has 4 rings (SSSR count). The third-order valence-electron chi connectivity index (χ3n) is 4.86. The van der Waals surface area contributed by atoms with Gasteiger partial charge < -0.3 is 10.2 Å². The van der Waals surface area contributed by atoms with E-state index in [0.29, 0.717) is 10.8 Å². The molecule has 8 heteroatoms. The van der Waals surface area contributed by atoms with Gasteiger partial charge in [0, 0.05) is 49.0 Å². The molecule has 0 atom stereocenters. The summed E-state index contributed by atoms with van der Waals surface area (Å²) in [5.41, 5.74) is 1.22. The average molecular weight is 417 g/mol. The summed E-state index contributed by atoms with van der Waals surface area (Å²) in [6.45, 7) is 4.00. The van der Waals surface area contributed by atoms with Crippen LogP contribution < -0.4 is 14.9 Å². The maximum Gasteiger partial charge on any atom is 0.250 e. The first-order valence-electron chi connectivity index (χ1n) is 9.51. The zero-order valence-corrected chi connectivity index (χ0v) is 17.2. The number of nitrogens with zero attached hydrogens (tertiary/aromatic N) is 2. The maximum absolute atomic E-state index is 12.8. The predicted octanol–water partition coefficient (Wildman–Crippen LogP) is 2.62. The number of nitrogens with one attached hydrogen (secondary N) is 2. The lowest BCUT2D eigenvalue weighted by molar-refractivity contribution is 0.581. The molecule has 148 valence electrons. The van der Waals surface area contributed by atoms with Crippen LogP contribution in [0.5, 0.6) is 0 Å². The summed E-state index contributed by atoms with van der Waals surface area (Å²) in [5.74, 6) is 0.876. The first-order chi connectivity index (χ1) is 13.6. The summed E-state index contributed by atoms with van der Waals surface area (Å²) in [5, 5.41) is 4.25. The fourth-order valence-electron chi connectivity index (χ4n) is 3.40. The van der Waals surface area contributed by atoms with Crippen LogP contribution in [0.1, 0.15) is 12.0 Å². The fourth-order valence-corrected chi connectivity index (χ4v) is 5.90. The molecule has 1 fully saturated rings. The van der Waals surface area contributed by atoms with Crippen molar-refractivity contribution in [3.8, 4) is 0 Å². The zero-order chi connectivity index (χ0) is 19.4. The van der Waals surface area contributed by atoms with E-state index in [9.17, 15) is 8.42 Å². The van der Waals surface area contributed by atoms with Gasteiger partial charge in [-0.05, 0) is 30.5 Å². The Bertz CT molecular complexity index is 1030. The minimum atomic E-state index is -3.51. The Balaban J connectivity index is 1.46. The summed E-state index contributed by atoms with van der Waals surface area (Å²) in [4.78, 5) is 6.74. The highest BCUT2D eigenvalue weighted by atomic mass is 32.2. The molecule has 1 aliphatic rings. The van der Waals surface area contributed by atoms with E-state index in [-0.39, 0.29) is 0 Å².